The quantitative estimate of drug-likeness (QED) is 0.712. The molecule has 0 aliphatic heterocycles. The van der Waals surface area contributed by atoms with Gasteiger partial charge in [-0.05, 0) is 24.3 Å². The number of hydrogen-bond acceptors (Lipinski definition) is 4. The number of benzene rings is 1. The van der Waals surface area contributed by atoms with E-state index < -0.39 is 0 Å². The molecule has 1 aromatic carbocycles. The van der Waals surface area contributed by atoms with E-state index in [4.69, 9.17) is 4.74 Å². The van der Waals surface area contributed by atoms with Crippen LogP contribution in [0.15, 0.2) is 47.5 Å². The predicted octanol–water partition coefficient (Wildman–Crippen LogP) is 2.00. The molecule has 0 radical (unpaired) electrons. The summed E-state index contributed by atoms with van der Waals surface area (Å²) in [6, 6.07) is 8.92. The van der Waals surface area contributed by atoms with E-state index >= 15 is 0 Å². The molecule has 3 rings (SSSR count). The highest BCUT2D eigenvalue weighted by molar-refractivity contribution is 5.81. The normalized spacial score (nSPS) is 10.7. The lowest BCUT2D eigenvalue weighted by molar-refractivity contribution is 0.415. The zero-order chi connectivity index (χ0) is 14.1. The average molecular weight is 267 g/mol. The van der Waals surface area contributed by atoms with E-state index in [0.717, 1.165) is 5.56 Å². The lowest BCUT2D eigenvalue weighted by Crippen LogP contribution is -2.20. The maximum Gasteiger partial charge on any atom is 0.261 e. The van der Waals surface area contributed by atoms with Crippen LogP contribution in [-0.4, -0.2) is 21.6 Å². The number of hydrogen-bond donors (Lipinski definition) is 0. The van der Waals surface area contributed by atoms with Crippen LogP contribution < -0.4 is 10.3 Å². The molecule has 0 amide bonds. The maximum absolute atomic E-state index is 12.4. The van der Waals surface area contributed by atoms with Crippen molar-refractivity contribution in [2.75, 3.05) is 7.11 Å². The highest BCUT2D eigenvalue weighted by atomic mass is 16.5. The number of ether oxygens (including phenoxy) is 1. The van der Waals surface area contributed by atoms with Crippen molar-refractivity contribution in [2.24, 2.45) is 7.05 Å². The highest BCUT2D eigenvalue weighted by Crippen LogP contribution is 2.20. The molecule has 0 aliphatic carbocycles. The van der Waals surface area contributed by atoms with Crippen LogP contribution in [-0.2, 0) is 7.05 Å². The summed E-state index contributed by atoms with van der Waals surface area (Å²) in [5.74, 6) is 1.29. The second kappa shape index (κ2) is 4.77. The van der Waals surface area contributed by atoms with E-state index in [2.05, 4.69) is 9.97 Å². The van der Waals surface area contributed by atoms with Crippen LogP contribution in [0.25, 0.3) is 22.3 Å². The second-order valence-electron chi connectivity index (χ2n) is 4.42. The summed E-state index contributed by atoms with van der Waals surface area (Å²) in [4.78, 5) is 20.9. The fraction of sp³-hybridized carbons (Fsp3) is 0.133. The number of nitrogens with zero attached hydrogens (tertiary/aromatic N) is 3. The first-order chi connectivity index (χ1) is 9.70. The van der Waals surface area contributed by atoms with Gasteiger partial charge in [0.2, 0.25) is 0 Å². The van der Waals surface area contributed by atoms with E-state index in [1.165, 1.54) is 0 Å². The molecule has 0 N–H and O–H groups in total. The summed E-state index contributed by atoms with van der Waals surface area (Å²) in [5.41, 5.74) is 1.40. The van der Waals surface area contributed by atoms with Crippen molar-refractivity contribution >= 4 is 10.9 Å². The van der Waals surface area contributed by atoms with Gasteiger partial charge in [0.05, 0.1) is 18.0 Å². The Labute approximate surface area is 115 Å². The van der Waals surface area contributed by atoms with Crippen molar-refractivity contribution in [1.82, 2.24) is 14.5 Å². The Hall–Kier alpha value is -2.69. The summed E-state index contributed by atoms with van der Waals surface area (Å²) in [5, 5.41) is 0.575. The first kappa shape index (κ1) is 12.3. The van der Waals surface area contributed by atoms with Gasteiger partial charge in [0.1, 0.15) is 11.6 Å². The van der Waals surface area contributed by atoms with Crippen molar-refractivity contribution in [3.8, 4) is 17.1 Å². The highest BCUT2D eigenvalue weighted by Gasteiger charge is 2.10. The van der Waals surface area contributed by atoms with Gasteiger partial charge in [-0.1, -0.05) is 0 Å². The number of pyridine rings is 1. The zero-order valence-corrected chi connectivity index (χ0v) is 11.2. The number of fused-ring (bicyclic) bond motifs is 1. The molecular weight excluding hydrogens is 254 g/mol. The Bertz CT molecular complexity index is 826. The molecule has 0 atom stereocenters. The van der Waals surface area contributed by atoms with Crippen LogP contribution in [0.4, 0.5) is 0 Å². The smallest absolute Gasteiger partial charge is 0.261 e. The third-order valence-corrected chi connectivity index (χ3v) is 3.22. The van der Waals surface area contributed by atoms with E-state index in [9.17, 15) is 4.79 Å². The Balaban J connectivity index is 2.34. The van der Waals surface area contributed by atoms with Gasteiger partial charge in [0.25, 0.3) is 5.56 Å². The molecular formula is C15H13N3O2. The molecule has 2 heterocycles. The van der Waals surface area contributed by atoms with Gasteiger partial charge in [0, 0.05) is 31.1 Å². The predicted molar refractivity (Wildman–Crippen MR) is 76.8 cm³/mol. The zero-order valence-electron chi connectivity index (χ0n) is 11.2. The van der Waals surface area contributed by atoms with Crippen LogP contribution in [0.5, 0.6) is 5.75 Å². The van der Waals surface area contributed by atoms with Gasteiger partial charge in [0.15, 0.2) is 0 Å². The van der Waals surface area contributed by atoms with Crippen LogP contribution in [0.1, 0.15) is 0 Å². The van der Waals surface area contributed by atoms with Crippen molar-refractivity contribution in [1.29, 1.82) is 0 Å². The summed E-state index contributed by atoms with van der Waals surface area (Å²) < 4.78 is 6.72. The molecule has 100 valence electrons. The lowest BCUT2D eigenvalue weighted by Gasteiger charge is -2.09. The minimum Gasteiger partial charge on any atom is -0.497 e. The Morgan fingerprint density at radius 1 is 1.15 bits per heavy atom. The van der Waals surface area contributed by atoms with Gasteiger partial charge < -0.3 is 4.74 Å². The minimum atomic E-state index is -0.0792. The third-order valence-electron chi connectivity index (χ3n) is 3.22. The van der Waals surface area contributed by atoms with Crippen molar-refractivity contribution in [3.05, 3.63) is 53.1 Å². The molecule has 0 aliphatic rings. The molecule has 0 spiro atoms. The van der Waals surface area contributed by atoms with E-state index in [1.54, 1.807) is 49.3 Å². The van der Waals surface area contributed by atoms with Crippen LogP contribution >= 0.6 is 0 Å². The average Bonchev–Trinajstić information content (AvgIpc) is 2.51. The first-order valence-corrected chi connectivity index (χ1v) is 6.16. The Kier molecular flexibility index (Phi) is 2.95. The molecule has 3 aromatic rings. The monoisotopic (exact) mass is 267 g/mol. The maximum atomic E-state index is 12.4. The van der Waals surface area contributed by atoms with Crippen molar-refractivity contribution in [2.45, 2.75) is 0 Å². The third kappa shape index (κ3) is 1.93. The Morgan fingerprint density at radius 3 is 2.60 bits per heavy atom. The molecule has 0 saturated heterocycles. The first-order valence-electron chi connectivity index (χ1n) is 6.16. The molecule has 5 heteroatoms. The van der Waals surface area contributed by atoms with Crippen LogP contribution in [0.2, 0.25) is 0 Å². The van der Waals surface area contributed by atoms with Gasteiger partial charge in [-0.3, -0.25) is 14.3 Å². The minimum absolute atomic E-state index is 0.0792. The summed E-state index contributed by atoms with van der Waals surface area (Å²) in [7, 11) is 3.31. The summed E-state index contributed by atoms with van der Waals surface area (Å²) in [6.07, 6.45) is 3.36. The van der Waals surface area contributed by atoms with Gasteiger partial charge in [-0.15, -0.1) is 0 Å². The molecule has 5 nitrogen and oxygen atoms in total. The van der Waals surface area contributed by atoms with Crippen LogP contribution in [0.3, 0.4) is 0 Å². The number of rotatable bonds is 2. The van der Waals surface area contributed by atoms with E-state index in [-0.39, 0.29) is 5.56 Å². The fourth-order valence-corrected chi connectivity index (χ4v) is 2.14. The standard InChI is InChI=1S/C15H13N3O2/c1-18-14(10-5-7-16-8-6-10)17-13-9-11(20-2)3-4-12(13)15(18)19/h3-9H,1-2H3. The van der Waals surface area contributed by atoms with Gasteiger partial charge >= 0.3 is 0 Å². The van der Waals surface area contributed by atoms with E-state index in [1.807, 2.05) is 12.1 Å². The lowest BCUT2D eigenvalue weighted by atomic mass is 10.2. The molecule has 20 heavy (non-hydrogen) atoms. The summed E-state index contributed by atoms with van der Waals surface area (Å²) >= 11 is 0. The van der Waals surface area contributed by atoms with Gasteiger partial charge in [-0.25, -0.2) is 4.98 Å². The molecule has 0 bridgehead atoms. The molecule has 0 fully saturated rings. The van der Waals surface area contributed by atoms with Gasteiger partial charge in [-0.2, -0.15) is 0 Å². The van der Waals surface area contributed by atoms with E-state index in [0.29, 0.717) is 22.5 Å². The molecule has 0 saturated carbocycles. The molecule has 2 aromatic heterocycles. The Morgan fingerprint density at radius 2 is 1.90 bits per heavy atom. The topological polar surface area (TPSA) is 57.0 Å². The second-order valence-corrected chi connectivity index (χ2v) is 4.42. The van der Waals surface area contributed by atoms with Crippen LogP contribution in [0, 0.1) is 0 Å². The number of methoxy groups -OCH3 is 1. The summed E-state index contributed by atoms with van der Waals surface area (Å²) in [6.45, 7) is 0. The number of aromatic nitrogens is 3. The van der Waals surface area contributed by atoms with Crippen molar-refractivity contribution in [3.63, 3.8) is 0 Å². The SMILES string of the molecule is COc1ccc2c(=O)n(C)c(-c3ccncc3)nc2c1. The van der Waals surface area contributed by atoms with Crippen molar-refractivity contribution < 1.29 is 4.74 Å². The largest absolute Gasteiger partial charge is 0.497 e. The fourth-order valence-electron chi connectivity index (χ4n) is 2.14. The molecule has 0 unspecified atom stereocenters.